The average molecular weight is 402 g/mol. The Morgan fingerprint density at radius 1 is 1.41 bits per heavy atom. The summed E-state index contributed by atoms with van der Waals surface area (Å²) in [5.74, 6) is 1.75. The van der Waals surface area contributed by atoms with Crippen molar-refractivity contribution in [2.75, 3.05) is 5.32 Å². The molecule has 5 nitrogen and oxygen atoms in total. The van der Waals surface area contributed by atoms with E-state index in [4.69, 9.17) is 16.0 Å². The van der Waals surface area contributed by atoms with E-state index in [0.29, 0.717) is 40.6 Å². The number of hydrogen-bond acceptors (Lipinski definition) is 5. The van der Waals surface area contributed by atoms with Crippen LogP contribution in [0, 0.1) is 5.92 Å². The number of anilines is 1. The summed E-state index contributed by atoms with van der Waals surface area (Å²) in [7, 11) is 0. The molecule has 0 bridgehead atoms. The van der Waals surface area contributed by atoms with Crippen LogP contribution in [0.5, 0.6) is 0 Å². The van der Waals surface area contributed by atoms with Crippen LogP contribution in [0.4, 0.5) is 5.13 Å². The third kappa shape index (κ3) is 4.22. The zero-order valence-electron chi connectivity index (χ0n) is 15.0. The second-order valence-corrected chi connectivity index (χ2v) is 8.37. The van der Waals surface area contributed by atoms with Gasteiger partial charge in [0.2, 0.25) is 5.91 Å². The van der Waals surface area contributed by atoms with Gasteiger partial charge in [0.05, 0.1) is 16.9 Å². The third-order valence-electron chi connectivity index (χ3n) is 4.69. The van der Waals surface area contributed by atoms with Gasteiger partial charge in [-0.05, 0) is 37.3 Å². The molecule has 2 aromatic heterocycles. The summed E-state index contributed by atoms with van der Waals surface area (Å²) < 4.78 is 5.74. The number of rotatable bonds is 5. The Hall–Kier alpha value is -2.18. The van der Waals surface area contributed by atoms with Gasteiger partial charge in [-0.25, -0.2) is 9.97 Å². The lowest BCUT2D eigenvalue weighted by atomic mass is 9.93. The van der Waals surface area contributed by atoms with Crippen LogP contribution in [0.3, 0.4) is 0 Å². The highest BCUT2D eigenvalue weighted by atomic mass is 35.5. The number of fused-ring (bicyclic) bond motifs is 1. The maximum atomic E-state index is 12.3. The van der Waals surface area contributed by atoms with Gasteiger partial charge in [0, 0.05) is 23.3 Å². The molecule has 1 aliphatic carbocycles. The highest BCUT2D eigenvalue weighted by Gasteiger charge is 2.20. The first kappa shape index (κ1) is 18.2. The fraction of sp³-hybridized carbons (Fsp3) is 0.350. The van der Waals surface area contributed by atoms with Crippen LogP contribution < -0.4 is 5.32 Å². The fourth-order valence-corrected chi connectivity index (χ4v) is 4.62. The molecule has 0 saturated heterocycles. The van der Waals surface area contributed by atoms with Crippen LogP contribution in [0.15, 0.2) is 34.9 Å². The normalized spacial score (nSPS) is 16.1. The number of aryl methyl sites for hydroxylation is 2. The van der Waals surface area contributed by atoms with Gasteiger partial charge in [-0.15, -0.1) is 11.3 Å². The molecule has 4 rings (SSSR count). The number of hydrogen-bond donors (Lipinski definition) is 1. The number of benzene rings is 1. The van der Waals surface area contributed by atoms with E-state index in [9.17, 15) is 4.79 Å². The molecule has 0 radical (unpaired) electrons. The first-order chi connectivity index (χ1) is 13.1. The molecular formula is C20H20ClN3O2S. The van der Waals surface area contributed by atoms with Gasteiger partial charge in [0.15, 0.2) is 16.8 Å². The standard InChI is InChI=1S/C20H20ClN3O2S/c1-12-6-7-15-17(10-12)27-20(23-15)24-18(25)8-9-19-22-11-16(26-19)13-4-2-3-5-14(13)21/h2-5,11-12H,6-10H2,1H3,(H,23,24,25)/t12-/m1/s1. The minimum atomic E-state index is -0.0772. The second-order valence-electron chi connectivity index (χ2n) is 6.88. The van der Waals surface area contributed by atoms with Crippen molar-refractivity contribution in [3.05, 3.63) is 51.9 Å². The molecule has 1 aromatic carbocycles. The number of aromatic nitrogens is 2. The molecule has 27 heavy (non-hydrogen) atoms. The van der Waals surface area contributed by atoms with E-state index in [1.807, 2.05) is 18.2 Å². The van der Waals surface area contributed by atoms with E-state index in [1.54, 1.807) is 23.6 Å². The lowest BCUT2D eigenvalue weighted by Gasteiger charge is -2.15. The first-order valence-corrected chi connectivity index (χ1v) is 10.3. The van der Waals surface area contributed by atoms with E-state index < -0.39 is 0 Å². The van der Waals surface area contributed by atoms with Crippen LogP contribution in [0.2, 0.25) is 5.02 Å². The maximum absolute atomic E-state index is 12.3. The molecule has 1 aliphatic rings. The number of thiazole rings is 1. The fourth-order valence-electron chi connectivity index (χ4n) is 3.21. The zero-order valence-corrected chi connectivity index (χ0v) is 16.6. The molecular weight excluding hydrogens is 382 g/mol. The van der Waals surface area contributed by atoms with Crippen LogP contribution in [-0.4, -0.2) is 15.9 Å². The van der Waals surface area contributed by atoms with Crippen molar-refractivity contribution in [3.8, 4) is 11.3 Å². The molecule has 0 spiro atoms. The van der Waals surface area contributed by atoms with Crippen LogP contribution in [-0.2, 0) is 24.1 Å². The molecule has 1 N–H and O–H groups in total. The molecule has 3 aromatic rings. The van der Waals surface area contributed by atoms with Gasteiger partial charge < -0.3 is 9.73 Å². The summed E-state index contributed by atoms with van der Waals surface area (Å²) in [4.78, 5) is 22.4. The number of nitrogens with one attached hydrogen (secondary N) is 1. The summed E-state index contributed by atoms with van der Waals surface area (Å²) in [6, 6.07) is 7.45. The predicted octanol–water partition coefficient (Wildman–Crippen LogP) is 5.15. The summed E-state index contributed by atoms with van der Waals surface area (Å²) in [6.45, 7) is 2.26. The Labute approximate surface area is 166 Å². The lowest BCUT2D eigenvalue weighted by molar-refractivity contribution is -0.116. The number of carbonyl (C=O) groups is 1. The van der Waals surface area contributed by atoms with E-state index in [0.717, 1.165) is 24.1 Å². The maximum Gasteiger partial charge on any atom is 0.226 e. The molecule has 7 heteroatoms. The third-order valence-corrected chi connectivity index (χ3v) is 6.06. The number of amides is 1. The monoisotopic (exact) mass is 401 g/mol. The van der Waals surface area contributed by atoms with Crippen LogP contribution in [0.1, 0.15) is 36.2 Å². The summed E-state index contributed by atoms with van der Waals surface area (Å²) >= 11 is 7.78. The minimum Gasteiger partial charge on any atom is -0.441 e. The smallest absolute Gasteiger partial charge is 0.226 e. The second kappa shape index (κ2) is 7.82. The lowest BCUT2D eigenvalue weighted by Crippen LogP contribution is -2.12. The van der Waals surface area contributed by atoms with Gasteiger partial charge in [-0.1, -0.05) is 30.7 Å². The van der Waals surface area contributed by atoms with E-state index >= 15 is 0 Å². The molecule has 1 atom stereocenters. The quantitative estimate of drug-likeness (QED) is 0.642. The van der Waals surface area contributed by atoms with Crippen molar-refractivity contribution in [1.82, 2.24) is 9.97 Å². The number of carbonyl (C=O) groups excluding carboxylic acids is 1. The zero-order chi connectivity index (χ0) is 18.8. The van der Waals surface area contributed by atoms with E-state index in [2.05, 4.69) is 22.2 Å². The Bertz CT molecular complexity index is 966. The van der Waals surface area contributed by atoms with Gasteiger partial charge in [0.1, 0.15) is 0 Å². The summed E-state index contributed by atoms with van der Waals surface area (Å²) in [6.07, 6.45) is 5.60. The number of halogens is 1. The van der Waals surface area contributed by atoms with Crippen molar-refractivity contribution < 1.29 is 9.21 Å². The Morgan fingerprint density at radius 2 is 2.26 bits per heavy atom. The van der Waals surface area contributed by atoms with E-state index in [-0.39, 0.29) is 5.91 Å². The van der Waals surface area contributed by atoms with Gasteiger partial charge >= 0.3 is 0 Å². The molecule has 0 saturated carbocycles. The van der Waals surface area contributed by atoms with Gasteiger partial charge in [0.25, 0.3) is 0 Å². The Morgan fingerprint density at radius 3 is 3.11 bits per heavy atom. The topological polar surface area (TPSA) is 68.0 Å². The number of oxazole rings is 1. The average Bonchev–Trinajstić information content (AvgIpc) is 3.26. The molecule has 2 heterocycles. The number of nitrogens with zero attached hydrogens (tertiary/aromatic N) is 2. The highest BCUT2D eigenvalue weighted by Crippen LogP contribution is 2.32. The SMILES string of the molecule is C[C@@H]1CCc2nc(NC(=O)CCc3ncc(-c4ccccc4Cl)o3)sc2C1. The molecule has 0 aliphatic heterocycles. The predicted molar refractivity (Wildman–Crippen MR) is 107 cm³/mol. The van der Waals surface area contributed by atoms with Gasteiger partial charge in [-0.3, -0.25) is 4.79 Å². The minimum absolute atomic E-state index is 0.0772. The highest BCUT2D eigenvalue weighted by molar-refractivity contribution is 7.15. The van der Waals surface area contributed by atoms with E-state index in [1.165, 1.54) is 11.3 Å². The van der Waals surface area contributed by atoms with Crippen molar-refractivity contribution in [2.24, 2.45) is 5.92 Å². The van der Waals surface area contributed by atoms with Crippen molar-refractivity contribution in [1.29, 1.82) is 0 Å². The van der Waals surface area contributed by atoms with Crippen LogP contribution in [0.25, 0.3) is 11.3 Å². The summed E-state index contributed by atoms with van der Waals surface area (Å²) in [5, 5.41) is 4.22. The summed E-state index contributed by atoms with van der Waals surface area (Å²) in [5.41, 5.74) is 1.94. The largest absolute Gasteiger partial charge is 0.441 e. The van der Waals surface area contributed by atoms with Gasteiger partial charge in [-0.2, -0.15) is 0 Å². The molecule has 0 unspecified atom stereocenters. The van der Waals surface area contributed by atoms with Crippen molar-refractivity contribution in [3.63, 3.8) is 0 Å². The molecule has 140 valence electrons. The molecule has 1 amide bonds. The van der Waals surface area contributed by atoms with Crippen molar-refractivity contribution in [2.45, 2.75) is 39.0 Å². The Kier molecular flexibility index (Phi) is 5.27. The Balaban J connectivity index is 1.34. The van der Waals surface area contributed by atoms with Crippen molar-refractivity contribution >= 4 is 34.0 Å². The first-order valence-electron chi connectivity index (χ1n) is 9.06. The molecule has 0 fully saturated rings. The van der Waals surface area contributed by atoms with Crippen LogP contribution >= 0.6 is 22.9 Å².